The van der Waals surface area contributed by atoms with Gasteiger partial charge in [-0.1, -0.05) is 20.8 Å². The Morgan fingerprint density at radius 3 is 2.54 bits per heavy atom. The summed E-state index contributed by atoms with van der Waals surface area (Å²) in [6, 6.07) is 0. The predicted molar refractivity (Wildman–Crippen MR) is 114 cm³/mol. The number of thiophene rings is 1. The van der Waals surface area contributed by atoms with E-state index >= 15 is 0 Å². The van der Waals surface area contributed by atoms with Crippen molar-refractivity contribution in [3.05, 3.63) is 16.3 Å². The van der Waals surface area contributed by atoms with E-state index < -0.39 is 0 Å². The second kappa shape index (κ2) is 6.97. The van der Waals surface area contributed by atoms with Crippen LogP contribution in [0.1, 0.15) is 62.2 Å². The van der Waals surface area contributed by atoms with E-state index in [1.54, 1.807) is 0 Å². The van der Waals surface area contributed by atoms with E-state index in [0.29, 0.717) is 5.92 Å². The second-order valence-corrected chi connectivity index (χ2v) is 10.3. The van der Waals surface area contributed by atoms with Crippen LogP contribution in [0, 0.1) is 11.8 Å². The van der Waals surface area contributed by atoms with Gasteiger partial charge in [0.2, 0.25) is 5.91 Å². The molecule has 0 aromatic carbocycles. The number of aromatic nitrogens is 2. The molecule has 3 aliphatic rings. The molecule has 1 saturated heterocycles. The molecule has 5 nitrogen and oxygen atoms in total. The molecule has 1 atom stereocenters. The van der Waals surface area contributed by atoms with Crippen molar-refractivity contribution in [2.45, 2.75) is 58.8 Å². The highest BCUT2D eigenvalue weighted by Crippen LogP contribution is 2.44. The van der Waals surface area contributed by atoms with Crippen molar-refractivity contribution in [2.24, 2.45) is 11.8 Å². The maximum Gasteiger partial charge on any atom is 0.225 e. The van der Waals surface area contributed by atoms with E-state index in [4.69, 9.17) is 9.97 Å². The van der Waals surface area contributed by atoms with Crippen LogP contribution in [0.3, 0.4) is 0 Å². The van der Waals surface area contributed by atoms with Gasteiger partial charge in [0.25, 0.3) is 0 Å². The highest BCUT2D eigenvalue weighted by molar-refractivity contribution is 7.19. The van der Waals surface area contributed by atoms with Gasteiger partial charge in [0, 0.05) is 42.9 Å². The smallest absolute Gasteiger partial charge is 0.225 e. The molecule has 6 heteroatoms. The maximum atomic E-state index is 12.4. The number of anilines is 1. The third-order valence-electron chi connectivity index (χ3n) is 6.48. The molecule has 2 aromatic heterocycles. The Balaban J connectivity index is 1.50. The molecule has 150 valence electrons. The van der Waals surface area contributed by atoms with Crippen molar-refractivity contribution >= 4 is 33.3 Å². The Morgan fingerprint density at radius 2 is 1.86 bits per heavy atom. The molecule has 1 amide bonds. The van der Waals surface area contributed by atoms with Crippen LogP contribution in [-0.2, 0) is 17.6 Å². The molecule has 2 fully saturated rings. The summed E-state index contributed by atoms with van der Waals surface area (Å²) in [5, 5.41) is 1.32. The molecule has 5 rings (SSSR count). The number of hydrogen-bond donors (Lipinski definition) is 0. The molecule has 0 unspecified atom stereocenters. The predicted octanol–water partition coefficient (Wildman–Crippen LogP) is 4.00. The van der Waals surface area contributed by atoms with Crippen LogP contribution in [0.5, 0.6) is 0 Å². The zero-order chi connectivity index (χ0) is 19.4. The monoisotopic (exact) mass is 398 g/mol. The van der Waals surface area contributed by atoms with Gasteiger partial charge in [-0.2, -0.15) is 0 Å². The van der Waals surface area contributed by atoms with Crippen LogP contribution in [0.4, 0.5) is 5.82 Å². The number of carbonyl (C=O) groups excluding carboxylic acids is 1. The molecule has 2 aliphatic carbocycles. The van der Waals surface area contributed by atoms with Crippen molar-refractivity contribution in [2.75, 3.05) is 31.1 Å². The van der Waals surface area contributed by atoms with Crippen molar-refractivity contribution in [1.29, 1.82) is 0 Å². The van der Waals surface area contributed by atoms with Gasteiger partial charge >= 0.3 is 0 Å². The van der Waals surface area contributed by atoms with Gasteiger partial charge in [-0.15, -0.1) is 11.3 Å². The van der Waals surface area contributed by atoms with E-state index in [0.717, 1.165) is 50.2 Å². The summed E-state index contributed by atoms with van der Waals surface area (Å²) in [7, 11) is 0. The van der Waals surface area contributed by atoms with Gasteiger partial charge in [0.05, 0.1) is 5.39 Å². The van der Waals surface area contributed by atoms with Crippen LogP contribution in [0.2, 0.25) is 0 Å². The average Bonchev–Trinajstić information content (AvgIpc) is 3.47. The molecule has 1 aliphatic heterocycles. The van der Waals surface area contributed by atoms with Crippen LogP contribution >= 0.6 is 11.3 Å². The Morgan fingerprint density at radius 1 is 1.11 bits per heavy atom. The third-order valence-corrected chi connectivity index (χ3v) is 7.63. The van der Waals surface area contributed by atoms with Crippen molar-refractivity contribution in [1.82, 2.24) is 14.9 Å². The molecule has 28 heavy (non-hydrogen) atoms. The van der Waals surface area contributed by atoms with Crippen LogP contribution in [0.15, 0.2) is 0 Å². The summed E-state index contributed by atoms with van der Waals surface area (Å²) >= 11 is 1.91. The molecule has 0 spiro atoms. The number of fused-ring (bicyclic) bond motifs is 3. The van der Waals surface area contributed by atoms with E-state index in [9.17, 15) is 4.79 Å². The number of piperazine rings is 1. The van der Waals surface area contributed by atoms with Crippen molar-refractivity contribution in [3.63, 3.8) is 0 Å². The molecule has 0 radical (unpaired) electrons. The maximum absolute atomic E-state index is 12.4. The first kappa shape index (κ1) is 18.3. The zero-order valence-electron chi connectivity index (χ0n) is 17.2. The standard InChI is InChI=1S/C22H30N4OS/c1-13(2)22(27)26-10-8-25(9-11-26)20-18-16-7-4-14(3)12-17(16)28-21(18)24-19(23-20)15-5-6-15/h13-15H,4-12H2,1-3H3/t14-/m1/s1. The van der Waals surface area contributed by atoms with Gasteiger partial charge in [0.15, 0.2) is 0 Å². The molecule has 0 N–H and O–H groups in total. The highest BCUT2D eigenvalue weighted by Gasteiger charge is 2.32. The third kappa shape index (κ3) is 3.19. The minimum atomic E-state index is 0.0738. The Bertz CT molecular complexity index is 909. The lowest BCUT2D eigenvalue weighted by Crippen LogP contribution is -2.50. The molecule has 0 bridgehead atoms. The lowest BCUT2D eigenvalue weighted by molar-refractivity contribution is -0.134. The van der Waals surface area contributed by atoms with Crippen LogP contribution in [-0.4, -0.2) is 47.0 Å². The SMILES string of the molecule is CC(C)C(=O)N1CCN(c2nc(C3CC3)nc3sc4c(c23)CC[C@@H](C)C4)CC1. The van der Waals surface area contributed by atoms with E-state index in [1.165, 1.54) is 46.3 Å². The van der Waals surface area contributed by atoms with E-state index in [-0.39, 0.29) is 11.8 Å². The van der Waals surface area contributed by atoms with E-state index in [1.807, 2.05) is 30.1 Å². The zero-order valence-corrected chi connectivity index (χ0v) is 18.0. The Kier molecular flexibility index (Phi) is 4.57. The second-order valence-electron chi connectivity index (χ2n) is 9.18. The Labute approximate surface area is 171 Å². The van der Waals surface area contributed by atoms with Crippen LogP contribution < -0.4 is 4.90 Å². The molecular weight excluding hydrogens is 368 g/mol. The summed E-state index contributed by atoms with van der Waals surface area (Å²) < 4.78 is 0. The normalized spacial score (nSPS) is 22.8. The fourth-order valence-electron chi connectivity index (χ4n) is 4.60. The minimum absolute atomic E-state index is 0.0738. The van der Waals surface area contributed by atoms with Gasteiger partial charge in [-0.05, 0) is 43.6 Å². The molecule has 2 aromatic rings. The quantitative estimate of drug-likeness (QED) is 0.784. The summed E-state index contributed by atoms with van der Waals surface area (Å²) in [5.74, 6) is 3.87. The van der Waals surface area contributed by atoms with Crippen molar-refractivity contribution in [3.8, 4) is 0 Å². The first-order chi connectivity index (χ1) is 13.5. The average molecular weight is 399 g/mol. The summed E-state index contributed by atoms with van der Waals surface area (Å²) in [6.45, 7) is 9.67. The first-order valence-corrected chi connectivity index (χ1v) is 11.7. The summed E-state index contributed by atoms with van der Waals surface area (Å²) in [5.41, 5.74) is 1.51. The summed E-state index contributed by atoms with van der Waals surface area (Å²) in [6.07, 6.45) is 6.06. The lowest BCUT2D eigenvalue weighted by Gasteiger charge is -2.36. The lowest BCUT2D eigenvalue weighted by atomic mass is 9.89. The number of amides is 1. The van der Waals surface area contributed by atoms with Crippen LogP contribution in [0.25, 0.3) is 10.2 Å². The van der Waals surface area contributed by atoms with Gasteiger partial charge in [-0.3, -0.25) is 4.79 Å². The fraction of sp³-hybridized carbons (Fsp3) is 0.682. The van der Waals surface area contributed by atoms with Gasteiger partial charge in [0.1, 0.15) is 16.5 Å². The molecule has 1 saturated carbocycles. The first-order valence-electron chi connectivity index (χ1n) is 10.9. The number of hydrogen-bond acceptors (Lipinski definition) is 5. The van der Waals surface area contributed by atoms with Crippen molar-refractivity contribution < 1.29 is 4.79 Å². The number of aryl methyl sites for hydroxylation is 1. The molecular formula is C22H30N4OS. The summed E-state index contributed by atoms with van der Waals surface area (Å²) in [4.78, 5) is 29.7. The number of carbonyl (C=O) groups is 1. The van der Waals surface area contributed by atoms with E-state index in [2.05, 4.69) is 11.8 Å². The van der Waals surface area contributed by atoms with Gasteiger partial charge in [-0.25, -0.2) is 9.97 Å². The topological polar surface area (TPSA) is 49.3 Å². The number of nitrogens with zero attached hydrogens (tertiary/aromatic N) is 4. The highest BCUT2D eigenvalue weighted by atomic mass is 32.1. The van der Waals surface area contributed by atoms with Gasteiger partial charge < -0.3 is 9.80 Å². The largest absolute Gasteiger partial charge is 0.352 e. The fourth-order valence-corrected chi connectivity index (χ4v) is 5.98. The molecule has 3 heterocycles. The minimum Gasteiger partial charge on any atom is -0.352 e. The number of rotatable bonds is 3. The Hall–Kier alpha value is -1.69.